The molecule has 0 radical (unpaired) electrons. The van der Waals surface area contributed by atoms with Crippen molar-refractivity contribution in [3.63, 3.8) is 0 Å². The number of aliphatic hydroxyl groups is 1. The van der Waals surface area contributed by atoms with Gasteiger partial charge in [0.15, 0.2) is 0 Å². The molecule has 0 aliphatic carbocycles. The molecule has 1 N–H and O–H groups in total. The number of rotatable bonds is 8. The zero-order valence-corrected chi connectivity index (χ0v) is 18.1. The van der Waals surface area contributed by atoms with Gasteiger partial charge >= 0.3 is 0 Å². The fourth-order valence-corrected chi connectivity index (χ4v) is 4.30. The molecule has 0 aromatic heterocycles. The summed E-state index contributed by atoms with van der Waals surface area (Å²) in [5.74, 6) is 1.87. The minimum atomic E-state index is 0.221. The molecule has 2 aromatic rings. The van der Waals surface area contributed by atoms with Crippen LogP contribution in [-0.2, 0) is 13.1 Å². The lowest BCUT2D eigenvalue weighted by Gasteiger charge is -2.41. The summed E-state index contributed by atoms with van der Waals surface area (Å²) >= 11 is 0. The number of aryl methyl sites for hydroxylation is 2. The van der Waals surface area contributed by atoms with Crippen LogP contribution in [0.3, 0.4) is 0 Å². The van der Waals surface area contributed by atoms with Crippen LogP contribution in [0, 0.1) is 13.8 Å². The van der Waals surface area contributed by atoms with E-state index in [2.05, 4.69) is 54.0 Å². The number of benzene rings is 2. The molecular formula is C24H34N2O3. The highest BCUT2D eigenvalue weighted by Crippen LogP contribution is 2.24. The molecule has 1 aliphatic rings. The third kappa shape index (κ3) is 5.50. The largest absolute Gasteiger partial charge is 0.496 e. The van der Waals surface area contributed by atoms with Crippen LogP contribution in [0.5, 0.6) is 11.5 Å². The summed E-state index contributed by atoms with van der Waals surface area (Å²) in [6, 6.07) is 13.2. The van der Waals surface area contributed by atoms with E-state index < -0.39 is 0 Å². The van der Waals surface area contributed by atoms with E-state index >= 15 is 0 Å². The summed E-state index contributed by atoms with van der Waals surface area (Å²) in [5, 5.41) is 9.61. The highest BCUT2D eigenvalue weighted by molar-refractivity contribution is 5.37. The molecule has 29 heavy (non-hydrogen) atoms. The zero-order chi connectivity index (χ0) is 20.8. The second kappa shape index (κ2) is 10.1. The molecule has 3 rings (SSSR count). The van der Waals surface area contributed by atoms with Crippen LogP contribution in [-0.4, -0.2) is 61.4 Å². The summed E-state index contributed by atoms with van der Waals surface area (Å²) in [6.07, 6.45) is 0.799. The van der Waals surface area contributed by atoms with Crippen molar-refractivity contribution in [1.82, 2.24) is 9.80 Å². The molecule has 5 nitrogen and oxygen atoms in total. The Balaban J connectivity index is 1.64. The van der Waals surface area contributed by atoms with Crippen LogP contribution in [0.1, 0.15) is 28.7 Å². The molecule has 1 atom stereocenters. The highest BCUT2D eigenvalue weighted by atomic mass is 16.5. The quantitative estimate of drug-likeness (QED) is 0.739. The lowest BCUT2D eigenvalue weighted by Crippen LogP contribution is -2.52. The Morgan fingerprint density at radius 2 is 1.48 bits per heavy atom. The van der Waals surface area contributed by atoms with Crippen LogP contribution < -0.4 is 9.47 Å². The number of methoxy groups -OCH3 is 2. The first-order valence-electron chi connectivity index (χ1n) is 10.4. The zero-order valence-electron chi connectivity index (χ0n) is 18.1. The van der Waals surface area contributed by atoms with Crippen molar-refractivity contribution in [2.24, 2.45) is 0 Å². The second-order valence-electron chi connectivity index (χ2n) is 7.98. The molecule has 0 unspecified atom stereocenters. The first-order chi connectivity index (χ1) is 14.0. The van der Waals surface area contributed by atoms with Crippen molar-refractivity contribution in [2.45, 2.75) is 39.4 Å². The van der Waals surface area contributed by atoms with E-state index in [-0.39, 0.29) is 6.61 Å². The lowest BCUT2D eigenvalue weighted by atomic mass is 10.0. The standard InChI is InChI=1S/C24H34N2O3/c1-18-13-20(5-7-23(18)28-3)15-25-10-11-26(22(17-25)9-12-27)16-21-6-8-24(29-4)19(2)14-21/h5-8,13-14,22,27H,9-12,15-17H2,1-4H3/t22-/m1/s1. The van der Waals surface area contributed by atoms with E-state index in [9.17, 15) is 5.11 Å². The topological polar surface area (TPSA) is 45.2 Å². The van der Waals surface area contributed by atoms with Crippen molar-refractivity contribution in [2.75, 3.05) is 40.5 Å². The summed E-state index contributed by atoms with van der Waals surface area (Å²) in [5.41, 5.74) is 4.94. The maximum atomic E-state index is 9.61. The van der Waals surface area contributed by atoms with Crippen LogP contribution in [0.2, 0.25) is 0 Å². The smallest absolute Gasteiger partial charge is 0.121 e. The first kappa shape index (κ1) is 21.6. The minimum absolute atomic E-state index is 0.221. The summed E-state index contributed by atoms with van der Waals surface area (Å²) in [4.78, 5) is 5.00. The normalized spacial score (nSPS) is 18.0. The van der Waals surface area contributed by atoms with Crippen LogP contribution in [0.15, 0.2) is 36.4 Å². The monoisotopic (exact) mass is 398 g/mol. The van der Waals surface area contributed by atoms with Gasteiger partial charge in [-0.3, -0.25) is 9.80 Å². The van der Waals surface area contributed by atoms with E-state index in [0.717, 1.165) is 56.2 Å². The van der Waals surface area contributed by atoms with E-state index in [1.165, 1.54) is 16.7 Å². The predicted octanol–water partition coefficient (Wildman–Crippen LogP) is 3.39. The molecular weight excluding hydrogens is 364 g/mol. The van der Waals surface area contributed by atoms with Gasteiger partial charge in [-0.1, -0.05) is 24.3 Å². The van der Waals surface area contributed by atoms with Gasteiger partial charge in [0, 0.05) is 45.4 Å². The van der Waals surface area contributed by atoms with Gasteiger partial charge in [0.1, 0.15) is 11.5 Å². The van der Waals surface area contributed by atoms with Gasteiger partial charge in [-0.2, -0.15) is 0 Å². The third-order valence-electron chi connectivity index (χ3n) is 5.86. The third-order valence-corrected chi connectivity index (χ3v) is 5.86. The molecule has 158 valence electrons. The number of piperazine rings is 1. The van der Waals surface area contributed by atoms with Crippen molar-refractivity contribution in [1.29, 1.82) is 0 Å². The lowest BCUT2D eigenvalue weighted by molar-refractivity contribution is 0.0499. The number of hydrogen-bond donors (Lipinski definition) is 1. The molecule has 0 amide bonds. The van der Waals surface area contributed by atoms with Crippen LogP contribution in [0.4, 0.5) is 0 Å². The van der Waals surface area contributed by atoms with Gasteiger partial charge in [0.2, 0.25) is 0 Å². The number of aliphatic hydroxyl groups excluding tert-OH is 1. The molecule has 0 saturated carbocycles. The molecule has 5 heteroatoms. The second-order valence-corrected chi connectivity index (χ2v) is 7.98. The maximum absolute atomic E-state index is 9.61. The van der Waals surface area contributed by atoms with Crippen molar-refractivity contribution in [3.8, 4) is 11.5 Å². The summed E-state index contributed by atoms with van der Waals surface area (Å²) in [6.45, 7) is 9.24. The summed E-state index contributed by atoms with van der Waals surface area (Å²) < 4.78 is 10.8. The Morgan fingerprint density at radius 3 is 2.00 bits per heavy atom. The fourth-order valence-electron chi connectivity index (χ4n) is 4.30. The van der Waals surface area contributed by atoms with Gasteiger partial charge in [0.05, 0.1) is 14.2 Å². The van der Waals surface area contributed by atoms with E-state index in [4.69, 9.17) is 9.47 Å². The van der Waals surface area contributed by atoms with Gasteiger partial charge < -0.3 is 14.6 Å². The molecule has 2 aromatic carbocycles. The van der Waals surface area contributed by atoms with Gasteiger partial charge in [-0.05, 0) is 54.7 Å². The highest BCUT2D eigenvalue weighted by Gasteiger charge is 2.26. The van der Waals surface area contributed by atoms with Gasteiger partial charge in [-0.25, -0.2) is 0 Å². The van der Waals surface area contributed by atoms with E-state index in [0.29, 0.717) is 6.04 Å². The van der Waals surface area contributed by atoms with Crippen LogP contribution >= 0.6 is 0 Å². The number of hydrogen-bond acceptors (Lipinski definition) is 5. The average molecular weight is 399 g/mol. The summed E-state index contributed by atoms with van der Waals surface area (Å²) in [7, 11) is 3.42. The molecule has 0 bridgehead atoms. The van der Waals surface area contributed by atoms with Gasteiger partial charge in [0.25, 0.3) is 0 Å². The van der Waals surface area contributed by atoms with Crippen LogP contribution in [0.25, 0.3) is 0 Å². The molecule has 1 aliphatic heterocycles. The Morgan fingerprint density at radius 1 is 0.897 bits per heavy atom. The van der Waals surface area contributed by atoms with Crippen molar-refractivity contribution in [3.05, 3.63) is 58.7 Å². The Hall–Kier alpha value is -2.08. The first-order valence-corrected chi connectivity index (χ1v) is 10.4. The Labute approximate surface area is 174 Å². The van der Waals surface area contributed by atoms with Crippen molar-refractivity contribution < 1.29 is 14.6 Å². The van der Waals surface area contributed by atoms with E-state index in [1.54, 1.807) is 14.2 Å². The maximum Gasteiger partial charge on any atom is 0.121 e. The average Bonchev–Trinajstić information content (AvgIpc) is 2.70. The molecule has 1 heterocycles. The Bertz CT molecular complexity index is 809. The fraction of sp³-hybridized carbons (Fsp3) is 0.500. The van der Waals surface area contributed by atoms with Crippen molar-refractivity contribution >= 4 is 0 Å². The minimum Gasteiger partial charge on any atom is -0.496 e. The Kier molecular flexibility index (Phi) is 7.53. The number of ether oxygens (including phenoxy) is 2. The molecule has 0 spiro atoms. The number of nitrogens with zero attached hydrogens (tertiary/aromatic N) is 2. The predicted molar refractivity (Wildman–Crippen MR) is 117 cm³/mol. The SMILES string of the molecule is COc1ccc(CN2CCN(Cc3ccc(OC)c(C)c3)[C@H](CCO)C2)cc1C. The molecule has 1 fully saturated rings. The van der Waals surface area contributed by atoms with E-state index in [1.807, 2.05) is 6.07 Å². The molecule has 1 saturated heterocycles. The van der Waals surface area contributed by atoms with Gasteiger partial charge in [-0.15, -0.1) is 0 Å².